The molecule has 5 heteroatoms. The highest BCUT2D eigenvalue weighted by Crippen LogP contribution is 2.20. The lowest BCUT2D eigenvalue weighted by atomic mass is 10.2. The molecule has 2 aromatic rings. The number of halogens is 1. The van der Waals surface area contributed by atoms with Crippen molar-refractivity contribution >= 4 is 27.5 Å². The first-order chi connectivity index (χ1) is 10.6. The molecule has 22 heavy (non-hydrogen) atoms. The molecule has 0 fully saturated rings. The topological polar surface area (TPSA) is 47.6 Å². The van der Waals surface area contributed by atoms with Crippen LogP contribution in [-0.2, 0) is 9.53 Å². The number of carbonyl (C=O) groups excluding carboxylic acids is 1. The van der Waals surface area contributed by atoms with Gasteiger partial charge in [0.2, 0.25) is 5.91 Å². The molecule has 0 aliphatic rings. The summed E-state index contributed by atoms with van der Waals surface area (Å²) in [4.78, 5) is 11.7. The fraction of sp³-hybridized carbons (Fsp3) is 0.235. The van der Waals surface area contributed by atoms with Crippen LogP contribution in [0.5, 0.6) is 5.75 Å². The van der Waals surface area contributed by atoms with Gasteiger partial charge in [-0.2, -0.15) is 0 Å². The summed E-state index contributed by atoms with van der Waals surface area (Å²) in [5, 5.41) is 2.78. The van der Waals surface area contributed by atoms with Crippen LogP contribution >= 0.6 is 15.9 Å². The molecule has 116 valence electrons. The first-order valence-corrected chi connectivity index (χ1v) is 7.76. The van der Waals surface area contributed by atoms with Crippen LogP contribution in [0.4, 0.5) is 5.69 Å². The lowest BCUT2D eigenvalue weighted by Gasteiger charge is -2.08. The third-order valence-corrected chi connectivity index (χ3v) is 3.78. The third kappa shape index (κ3) is 5.50. The van der Waals surface area contributed by atoms with E-state index >= 15 is 0 Å². The van der Waals surface area contributed by atoms with E-state index in [-0.39, 0.29) is 12.5 Å². The van der Waals surface area contributed by atoms with Crippen LogP contribution < -0.4 is 10.1 Å². The molecule has 2 rings (SSSR count). The zero-order valence-electron chi connectivity index (χ0n) is 12.3. The number of para-hydroxylation sites is 1. The van der Waals surface area contributed by atoms with Gasteiger partial charge in [-0.25, -0.2) is 0 Å². The Labute approximate surface area is 138 Å². The first-order valence-electron chi connectivity index (χ1n) is 6.97. The van der Waals surface area contributed by atoms with E-state index in [4.69, 9.17) is 9.47 Å². The largest absolute Gasteiger partial charge is 0.491 e. The molecule has 0 atom stereocenters. The van der Waals surface area contributed by atoms with Crippen molar-refractivity contribution in [2.24, 2.45) is 0 Å². The van der Waals surface area contributed by atoms with Crippen molar-refractivity contribution in [1.29, 1.82) is 0 Å². The van der Waals surface area contributed by atoms with Gasteiger partial charge in [-0.15, -0.1) is 0 Å². The second-order valence-corrected chi connectivity index (χ2v) is 5.58. The predicted molar refractivity (Wildman–Crippen MR) is 90.3 cm³/mol. The summed E-state index contributed by atoms with van der Waals surface area (Å²) < 4.78 is 11.7. The Morgan fingerprint density at radius 1 is 1.14 bits per heavy atom. The lowest BCUT2D eigenvalue weighted by Crippen LogP contribution is -2.20. The minimum atomic E-state index is -0.185. The quantitative estimate of drug-likeness (QED) is 0.761. The highest BCUT2D eigenvalue weighted by Gasteiger charge is 2.04. The monoisotopic (exact) mass is 363 g/mol. The molecular formula is C17H18BrNO3. The van der Waals surface area contributed by atoms with Crippen LogP contribution in [0, 0.1) is 6.92 Å². The normalized spacial score (nSPS) is 10.3. The smallest absolute Gasteiger partial charge is 0.250 e. The minimum Gasteiger partial charge on any atom is -0.491 e. The molecule has 0 unspecified atom stereocenters. The van der Waals surface area contributed by atoms with E-state index in [1.807, 2.05) is 55.5 Å². The van der Waals surface area contributed by atoms with E-state index in [2.05, 4.69) is 21.2 Å². The van der Waals surface area contributed by atoms with E-state index in [0.717, 1.165) is 21.5 Å². The molecule has 0 bridgehead atoms. The predicted octanol–water partition coefficient (Wildman–Crippen LogP) is 3.79. The average Bonchev–Trinajstić information content (AvgIpc) is 2.52. The molecule has 0 spiro atoms. The molecule has 1 amide bonds. The van der Waals surface area contributed by atoms with Crippen LogP contribution in [0.3, 0.4) is 0 Å². The summed E-state index contributed by atoms with van der Waals surface area (Å²) in [6.45, 7) is 2.77. The highest BCUT2D eigenvalue weighted by atomic mass is 79.9. The maximum absolute atomic E-state index is 11.7. The second-order valence-electron chi connectivity index (χ2n) is 4.73. The second kappa shape index (κ2) is 8.56. The fourth-order valence-electron chi connectivity index (χ4n) is 1.77. The number of anilines is 1. The highest BCUT2D eigenvalue weighted by molar-refractivity contribution is 9.10. The summed E-state index contributed by atoms with van der Waals surface area (Å²) >= 11 is 3.43. The van der Waals surface area contributed by atoms with Gasteiger partial charge in [0.1, 0.15) is 19.0 Å². The fourth-order valence-corrected chi connectivity index (χ4v) is 2.15. The Balaban J connectivity index is 1.64. The van der Waals surface area contributed by atoms with Gasteiger partial charge in [0, 0.05) is 10.2 Å². The Bertz CT molecular complexity index is 617. The van der Waals surface area contributed by atoms with E-state index in [9.17, 15) is 4.79 Å². The molecule has 0 saturated heterocycles. The SMILES string of the molecule is Cc1ccc(NC(=O)COCCOc2ccccc2)cc1Br. The van der Waals surface area contributed by atoms with E-state index in [0.29, 0.717) is 13.2 Å². The first kappa shape index (κ1) is 16.5. The van der Waals surface area contributed by atoms with Crippen molar-refractivity contribution < 1.29 is 14.3 Å². The van der Waals surface area contributed by atoms with Crippen molar-refractivity contribution in [2.75, 3.05) is 25.1 Å². The molecule has 2 aromatic carbocycles. The van der Waals surface area contributed by atoms with Gasteiger partial charge in [-0.3, -0.25) is 4.79 Å². The van der Waals surface area contributed by atoms with Crippen LogP contribution in [0.15, 0.2) is 53.0 Å². The van der Waals surface area contributed by atoms with Crippen molar-refractivity contribution in [2.45, 2.75) is 6.92 Å². The summed E-state index contributed by atoms with van der Waals surface area (Å²) in [7, 11) is 0. The maximum atomic E-state index is 11.7. The van der Waals surface area contributed by atoms with E-state index in [1.54, 1.807) is 0 Å². The van der Waals surface area contributed by atoms with Gasteiger partial charge >= 0.3 is 0 Å². The van der Waals surface area contributed by atoms with E-state index < -0.39 is 0 Å². The Morgan fingerprint density at radius 2 is 1.91 bits per heavy atom. The summed E-state index contributed by atoms with van der Waals surface area (Å²) in [5.41, 5.74) is 1.86. The van der Waals surface area contributed by atoms with Gasteiger partial charge in [0.05, 0.1) is 6.61 Å². The number of ether oxygens (including phenoxy) is 2. The number of rotatable bonds is 7. The number of benzene rings is 2. The van der Waals surface area contributed by atoms with Crippen molar-refractivity contribution in [3.05, 3.63) is 58.6 Å². The van der Waals surface area contributed by atoms with Crippen LogP contribution in [0.25, 0.3) is 0 Å². The number of amides is 1. The van der Waals surface area contributed by atoms with Gasteiger partial charge in [-0.05, 0) is 36.8 Å². The maximum Gasteiger partial charge on any atom is 0.250 e. The molecule has 1 N–H and O–H groups in total. The van der Waals surface area contributed by atoms with Crippen molar-refractivity contribution in [3.8, 4) is 5.75 Å². The minimum absolute atomic E-state index is 0.00362. The summed E-state index contributed by atoms with van der Waals surface area (Å²) in [6, 6.07) is 15.2. The molecule has 0 aliphatic heterocycles. The average molecular weight is 364 g/mol. The van der Waals surface area contributed by atoms with Gasteiger partial charge in [0.15, 0.2) is 0 Å². The number of nitrogens with one attached hydrogen (secondary N) is 1. The van der Waals surface area contributed by atoms with Crippen LogP contribution in [0.1, 0.15) is 5.56 Å². The van der Waals surface area contributed by atoms with Crippen LogP contribution in [-0.4, -0.2) is 25.7 Å². The Morgan fingerprint density at radius 3 is 2.64 bits per heavy atom. The Kier molecular flexibility index (Phi) is 6.43. The van der Waals surface area contributed by atoms with Crippen LogP contribution in [0.2, 0.25) is 0 Å². The number of carbonyl (C=O) groups is 1. The molecule has 0 radical (unpaired) electrons. The molecule has 4 nitrogen and oxygen atoms in total. The number of aryl methyl sites for hydroxylation is 1. The number of hydrogen-bond acceptors (Lipinski definition) is 3. The zero-order valence-corrected chi connectivity index (χ0v) is 13.9. The molecule has 0 saturated carbocycles. The van der Waals surface area contributed by atoms with Gasteiger partial charge < -0.3 is 14.8 Å². The zero-order chi connectivity index (χ0) is 15.8. The summed E-state index contributed by atoms with van der Waals surface area (Å²) in [5.74, 6) is 0.607. The van der Waals surface area contributed by atoms with Crippen molar-refractivity contribution in [3.63, 3.8) is 0 Å². The van der Waals surface area contributed by atoms with E-state index in [1.165, 1.54) is 0 Å². The van der Waals surface area contributed by atoms with Gasteiger partial charge in [0.25, 0.3) is 0 Å². The molecule has 0 heterocycles. The molecular weight excluding hydrogens is 346 g/mol. The standard InChI is InChI=1S/C17H18BrNO3/c1-13-7-8-14(11-16(13)18)19-17(20)12-21-9-10-22-15-5-3-2-4-6-15/h2-8,11H,9-10,12H2,1H3,(H,19,20). The lowest BCUT2D eigenvalue weighted by molar-refractivity contribution is -0.120. The molecule has 0 aliphatic carbocycles. The Hall–Kier alpha value is -1.85. The van der Waals surface area contributed by atoms with Gasteiger partial charge in [-0.1, -0.05) is 40.2 Å². The third-order valence-electron chi connectivity index (χ3n) is 2.93. The van der Waals surface area contributed by atoms with Crippen molar-refractivity contribution in [1.82, 2.24) is 0 Å². The summed E-state index contributed by atoms with van der Waals surface area (Å²) in [6.07, 6.45) is 0. The number of hydrogen-bond donors (Lipinski definition) is 1. The molecule has 0 aromatic heterocycles.